The Labute approximate surface area is 104 Å². The lowest BCUT2D eigenvalue weighted by atomic mass is 9.78. The van der Waals surface area contributed by atoms with Gasteiger partial charge in [-0.3, -0.25) is 0 Å². The van der Waals surface area contributed by atoms with Gasteiger partial charge in [-0.2, -0.15) is 0 Å². The van der Waals surface area contributed by atoms with Crippen LogP contribution in [-0.2, 0) is 11.8 Å². The Bertz CT molecular complexity index is 525. The van der Waals surface area contributed by atoms with Gasteiger partial charge in [-0.25, -0.2) is 8.78 Å². The largest absolute Gasteiger partial charge is 0.469 e. The minimum Gasteiger partial charge on any atom is -0.469 e. The van der Waals surface area contributed by atoms with Crippen molar-refractivity contribution in [2.75, 3.05) is 6.54 Å². The fourth-order valence-corrected chi connectivity index (χ4v) is 2.04. The first kappa shape index (κ1) is 12.8. The first-order chi connectivity index (χ1) is 8.55. The van der Waals surface area contributed by atoms with Crippen LogP contribution in [0.2, 0.25) is 0 Å². The lowest BCUT2D eigenvalue weighted by Crippen LogP contribution is -2.35. The van der Waals surface area contributed by atoms with E-state index in [9.17, 15) is 8.78 Å². The van der Waals surface area contributed by atoms with E-state index in [0.717, 1.165) is 12.1 Å². The summed E-state index contributed by atoms with van der Waals surface area (Å²) in [6.45, 7) is 2.00. The lowest BCUT2D eigenvalue weighted by Gasteiger charge is -2.28. The van der Waals surface area contributed by atoms with Crippen LogP contribution in [0.25, 0.3) is 0 Å². The summed E-state index contributed by atoms with van der Waals surface area (Å²) in [7, 11) is 0. The summed E-state index contributed by atoms with van der Waals surface area (Å²) in [5.74, 6) is -0.215. The normalized spacial score (nSPS) is 14.4. The number of furan rings is 1. The van der Waals surface area contributed by atoms with Crippen molar-refractivity contribution in [1.82, 2.24) is 0 Å². The molecule has 1 aromatic carbocycles. The summed E-state index contributed by atoms with van der Waals surface area (Å²) in [6, 6.07) is 6.98. The Kier molecular flexibility index (Phi) is 3.48. The van der Waals surface area contributed by atoms with Crippen LogP contribution in [0, 0.1) is 11.6 Å². The zero-order chi connectivity index (χ0) is 13.2. The molecule has 4 heteroatoms. The van der Waals surface area contributed by atoms with E-state index in [4.69, 9.17) is 10.2 Å². The van der Waals surface area contributed by atoms with Gasteiger partial charge < -0.3 is 10.2 Å². The fraction of sp³-hybridized carbons (Fsp3) is 0.286. The molecule has 2 N–H and O–H groups in total. The molecule has 0 spiro atoms. The van der Waals surface area contributed by atoms with E-state index < -0.39 is 17.0 Å². The molecular formula is C14H15F2NO. The maximum atomic E-state index is 13.8. The maximum absolute atomic E-state index is 13.8. The molecule has 2 aromatic rings. The average Bonchev–Trinajstić information content (AvgIpc) is 2.84. The Balaban J connectivity index is 2.39. The van der Waals surface area contributed by atoms with Gasteiger partial charge in [0, 0.05) is 18.4 Å². The molecule has 1 aromatic heterocycles. The van der Waals surface area contributed by atoms with Gasteiger partial charge in [0.05, 0.1) is 6.26 Å². The minimum absolute atomic E-state index is 0.202. The Morgan fingerprint density at radius 2 is 2.06 bits per heavy atom. The standard InChI is InChI=1S/C14H15F2NO/c1-14(9-17,8-11-3-2-6-18-11)12-7-10(15)4-5-13(12)16/h2-7H,8-9,17H2,1H3. The second-order valence-electron chi connectivity index (χ2n) is 4.65. The van der Waals surface area contributed by atoms with Crippen molar-refractivity contribution in [3.63, 3.8) is 0 Å². The number of nitrogens with two attached hydrogens (primary N) is 1. The van der Waals surface area contributed by atoms with E-state index in [2.05, 4.69) is 0 Å². The summed E-state index contributed by atoms with van der Waals surface area (Å²) in [5, 5.41) is 0. The van der Waals surface area contributed by atoms with Crippen molar-refractivity contribution in [2.45, 2.75) is 18.8 Å². The van der Waals surface area contributed by atoms with E-state index in [-0.39, 0.29) is 12.1 Å². The van der Waals surface area contributed by atoms with Crippen LogP contribution in [0.4, 0.5) is 8.78 Å². The molecule has 0 aliphatic rings. The van der Waals surface area contributed by atoms with Crippen molar-refractivity contribution in [2.24, 2.45) is 5.73 Å². The highest BCUT2D eigenvalue weighted by atomic mass is 19.1. The second kappa shape index (κ2) is 4.90. The van der Waals surface area contributed by atoms with Crippen molar-refractivity contribution >= 4 is 0 Å². The molecule has 0 bridgehead atoms. The van der Waals surface area contributed by atoms with Crippen LogP contribution < -0.4 is 5.73 Å². The van der Waals surface area contributed by atoms with Gasteiger partial charge in [-0.05, 0) is 35.9 Å². The van der Waals surface area contributed by atoms with Crippen molar-refractivity contribution in [3.05, 3.63) is 59.6 Å². The van der Waals surface area contributed by atoms with Crippen LogP contribution in [0.1, 0.15) is 18.2 Å². The van der Waals surface area contributed by atoms with Crippen molar-refractivity contribution < 1.29 is 13.2 Å². The third-order valence-electron chi connectivity index (χ3n) is 3.17. The molecule has 96 valence electrons. The predicted molar refractivity (Wildman–Crippen MR) is 65.2 cm³/mol. The van der Waals surface area contributed by atoms with Gasteiger partial charge >= 0.3 is 0 Å². The van der Waals surface area contributed by atoms with Gasteiger partial charge in [0.2, 0.25) is 0 Å². The van der Waals surface area contributed by atoms with Crippen LogP contribution in [0.15, 0.2) is 41.0 Å². The lowest BCUT2D eigenvalue weighted by molar-refractivity contribution is 0.396. The summed E-state index contributed by atoms with van der Waals surface area (Å²) in [5.41, 5.74) is 5.33. The monoisotopic (exact) mass is 251 g/mol. The van der Waals surface area contributed by atoms with Crippen LogP contribution >= 0.6 is 0 Å². The highest BCUT2D eigenvalue weighted by Gasteiger charge is 2.30. The van der Waals surface area contributed by atoms with Crippen LogP contribution in [0.3, 0.4) is 0 Å². The first-order valence-electron chi connectivity index (χ1n) is 5.73. The third-order valence-corrected chi connectivity index (χ3v) is 3.17. The predicted octanol–water partition coefficient (Wildman–Crippen LogP) is 3.02. The maximum Gasteiger partial charge on any atom is 0.127 e. The highest BCUT2D eigenvalue weighted by Crippen LogP contribution is 2.30. The number of hydrogen-bond donors (Lipinski definition) is 1. The highest BCUT2D eigenvalue weighted by molar-refractivity contribution is 5.29. The quantitative estimate of drug-likeness (QED) is 0.907. The van der Waals surface area contributed by atoms with Crippen LogP contribution in [0.5, 0.6) is 0 Å². The number of hydrogen-bond acceptors (Lipinski definition) is 2. The SMILES string of the molecule is CC(CN)(Cc1ccco1)c1cc(F)ccc1F. The van der Waals surface area contributed by atoms with Gasteiger partial charge in [0.1, 0.15) is 17.4 Å². The molecule has 0 saturated heterocycles. The summed E-state index contributed by atoms with van der Waals surface area (Å²) in [6.07, 6.45) is 1.98. The third kappa shape index (κ3) is 2.43. The topological polar surface area (TPSA) is 39.2 Å². The fourth-order valence-electron chi connectivity index (χ4n) is 2.04. The molecule has 0 fully saturated rings. The molecule has 0 aliphatic carbocycles. The van der Waals surface area contributed by atoms with E-state index in [1.807, 2.05) is 0 Å². The summed E-state index contributed by atoms with van der Waals surface area (Å²) in [4.78, 5) is 0. The zero-order valence-corrected chi connectivity index (χ0v) is 10.1. The van der Waals surface area contributed by atoms with Crippen molar-refractivity contribution in [3.8, 4) is 0 Å². The van der Waals surface area contributed by atoms with Gasteiger partial charge in [-0.1, -0.05) is 6.92 Å². The molecule has 0 radical (unpaired) electrons. The number of halogens is 2. The first-order valence-corrected chi connectivity index (χ1v) is 5.73. The molecule has 0 aliphatic heterocycles. The van der Waals surface area contributed by atoms with E-state index in [1.54, 1.807) is 25.3 Å². The van der Waals surface area contributed by atoms with Gasteiger partial charge in [0.25, 0.3) is 0 Å². The molecule has 1 unspecified atom stereocenters. The number of rotatable bonds is 4. The molecule has 1 heterocycles. The van der Waals surface area contributed by atoms with E-state index >= 15 is 0 Å². The Morgan fingerprint density at radius 1 is 1.28 bits per heavy atom. The molecular weight excluding hydrogens is 236 g/mol. The van der Waals surface area contributed by atoms with Crippen molar-refractivity contribution in [1.29, 1.82) is 0 Å². The second-order valence-corrected chi connectivity index (χ2v) is 4.65. The van der Waals surface area contributed by atoms with Gasteiger partial charge in [-0.15, -0.1) is 0 Å². The molecule has 2 rings (SSSR count). The van der Waals surface area contributed by atoms with E-state index in [1.165, 1.54) is 6.07 Å². The zero-order valence-electron chi connectivity index (χ0n) is 10.1. The van der Waals surface area contributed by atoms with Crippen LogP contribution in [-0.4, -0.2) is 6.54 Å². The summed E-state index contributed by atoms with van der Waals surface area (Å²) >= 11 is 0. The summed E-state index contributed by atoms with van der Waals surface area (Å²) < 4.78 is 32.3. The molecule has 0 saturated carbocycles. The number of benzene rings is 1. The molecule has 1 atom stereocenters. The minimum atomic E-state index is -0.690. The molecule has 0 amide bonds. The average molecular weight is 251 g/mol. The Morgan fingerprint density at radius 3 is 2.67 bits per heavy atom. The van der Waals surface area contributed by atoms with Gasteiger partial charge in [0.15, 0.2) is 0 Å². The van der Waals surface area contributed by atoms with E-state index in [0.29, 0.717) is 12.2 Å². The molecule has 2 nitrogen and oxygen atoms in total. The smallest absolute Gasteiger partial charge is 0.127 e. The molecule has 18 heavy (non-hydrogen) atoms. The Hall–Kier alpha value is -1.68.